The second-order valence-corrected chi connectivity index (χ2v) is 7.48. The summed E-state index contributed by atoms with van der Waals surface area (Å²) in [5.41, 5.74) is 5.79. The van der Waals surface area contributed by atoms with Gasteiger partial charge in [-0.2, -0.15) is 10.2 Å². The van der Waals surface area contributed by atoms with E-state index in [1.165, 1.54) is 7.11 Å². The van der Waals surface area contributed by atoms with Crippen LogP contribution in [0, 0.1) is 13.8 Å². The molecule has 0 aliphatic carbocycles. The number of benzene rings is 2. The summed E-state index contributed by atoms with van der Waals surface area (Å²) in [4.78, 5) is 22.5. The maximum absolute atomic E-state index is 11.5. The Hall–Kier alpha value is -3.64. The fourth-order valence-corrected chi connectivity index (χ4v) is 3.41. The molecule has 0 spiro atoms. The van der Waals surface area contributed by atoms with Crippen molar-refractivity contribution < 1.29 is 63.9 Å². The maximum Gasteiger partial charge on any atom is 1.00 e. The van der Waals surface area contributed by atoms with E-state index in [0.717, 1.165) is 27.9 Å². The SMILES string of the molecule is COC(=O)c1ccc(C)c(-c2[nH]ncc2OC)c1.COc1cn[nH]c1-c1cc(C(=O)O)ccc1C.[Na+].[OH-]. The molecule has 0 amide bonds. The number of carboxylic acid groups (broad SMARTS) is 1. The van der Waals surface area contributed by atoms with Gasteiger partial charge >= 0.3 is 41.5 Å². The molecule has 4 aromatic rings. The molecule has 0 saturated heterocycles. The van der Waals surface area contributed by atoms with E-state index in [0.29, 0.717) is 22.8 Å². The number of ether oxygens (including phenoxy) is 3. The number of esters is 1. The van der Waals surface area contributed by atoms with Gasteiger partial charge in [-0.1, -0.05) is 12.1 Å². The zero-order valence-electron chi connectivity index (χ0n) is 21.4. The van der Waals surface area contributed by atoms with Crippen molar-refractivity contribution in [2.24, 2.45) is 0 Å². The van der Waals surface area contributed by atoms with Crippen molar-refractivity contribution in [1.82, 2.24) is 20.4 Å². The third-order valence-corrected chi connectivity index (χ3v) is 5.33. The predicted octanol–water partition coefficient (Wildman–Crippen LogP) is 1.10. The van der Waals surface area contributed by atoms with E-state index in [1.807, 2.05) is 19.9 Å². The van der Waals surface area contributed by atoms with E-state index in [2.05, 4.69) is 20.4 Å². The Morgan fingerprint density at radius 3 is 1.62 bits per heavy atom. The van der Waals surface area contributed by atoms with Gasteiger partial charge in [0.2, 0.25) is 0 Å². The molecule has 2 heterocycles. The normalized spacial score (nSPS) is 9.65. The first-order chi connectivity index (χ1) is 16.8. The Morgan fingerprint density at radius 2 is 1.22 bits per heavy atom. The summed E-state index contributed by atoms with van der Waals surface area (Å²) >= 11 is 0. The van der Waals surface area contributed by atoms with Gasteiger partial charge < -0.3 is 24.8 Å². The molecule has 4 rings (SSSR count). The van der Waals surface area contributed by atoms with E-state index < -0.39 is 5.97 Å². The average Bonchev–Trinajstić information content (AvgIpc) is 3.53. The first kappa shape index (κ1) is 31.4. The van der Waals surface area contributed by atoms with Gasteiger partial charge in [0, 0.05) is 11.1 Å². The van der Waals surface area contributed by atoms with Gasteiger partial charge in [0.25, 0.3) is 0 Å². The number of H-pyrrole nitrogens is 2. The number of carbonyl (C=O) groups is 2. The minimum absolute atomic E-state index is 0. The molecular weight excluding hydrogens is 491 g/mol. The number of carbonyl (C=O) groups excluding carboxylic acids is 1. The number of aryl methyl sites for hydroxylation is 2. The first-order valence-corrected chi connectivity index (χ1v) is 10.5. The Labute approximate surface area is 235 Å². The number of rotatable bonds is 6. The molecule has 2 aromatic heterocycles. The van der Waals surface area contributed by atoms with Crippen molar-refractivity contribution in [3.05, 3.63) is 71.0 Å². The zero-order chi connectivity index (χ0) is 25.5. The molecule has 0 fully saturated rings. The van der Waals surface area contributed by atoms with Crippen LogP contribution >= 0.6 is 0 Å². The smallest absolute Gasteiger partial charge is 0.870 e. The number of hydrogen-bond donors (Lipinski definition) is 3. The summed E-state index contributed by atoms with van der Waals surface area (Å²) in [7, 11) is 4.48. The molecule has 37 heavy (non-hydrogen) atoms. The fraction of sp³-hybridized carbons (Fsp3) is 0.200. The summed E-state index contributed by atoms with van der Waals surface area (Å²) in [5, 5.41) is 22.5. The molecule has 4 N–H and O–H groups in total. The molecule has 12 heteroatoms. The summed E-state index contributed by atoms with van der Waals surface area (Å²) < 4.78 is 15.1. The molecular formula is C25H27N4NaO7. The zero-order valence-corrected chi connectivity index (χ0v) is 23.4. The molecule has 190 valence electrons. The van der Waals surface area contributed by atoms with Crippen LogP contribution in [-0.4, -0.2) is 64.2 Å². The van der Waals surface area contributed by atoms with Crippen molar-refractivity contribution in [2.75, 3.05) is 21.3 Å². The van der Waals surface area contributed by atoms with Crippen LogP contribution in [-0.2, 0) is 4.74 Å². The number of aromatic carboxylic acids is 1. The molecule has 11 nitrogen and oxygen atoms in total. The van der Waals surface area contributed by atoms with Crippen molar-refractivity contribution in [1.29, 1.82) is 0 Å². The van der Waals surface area contributed by atoms with Crippen LogP contribution in [0.3, 0.4) is 0 Å². The number of methoxy groups -OCH3 is 3. The predicted molar refractivity (Wildman–Crippen MR) is 131 cm³/mol. The number of nitrogens with one attached hydrogen (secondary N) is 2. The third kappa shape index (κ3) is 7.20. The number of aromatic amines is 2. The van der Waals surface area contributed by atoms with Crippen molar-refractivity contribution in [3.63, 3.8) is 0 Å². The van der Waals surface area contributed by atoms with Crippen molar-refractivity contribution in [2.45, 2.75) is 13.8 Å². The fourth-order valence-electron chi connectivity index (χ4n) is 3.41. The van der Waals surface area contributed by atoms with E-state index in [4.69, 9.17) is 19.3 Å². The molecule has 2 aromatic carbocycles. The van der Waals surface area contributed by atoms with E-state index >= 15 is 0 Å². The van der Waals surface area contributed by atoms with Gasteiger partial charge in [-0.05, 0) is 49.2 Å². The van der Waals surface area contributed by atoms with E-state index in [1.54, 1.807) is 56.9 Å². The number of hydrogen-bond acceptors (Lipinski definition) is 8. The molecule has 0 unspecified atom stereocenters. The van der Waals surface area contributed by atoms with Gasteiger partial charge in [0.1, 0.15) is 11.4 Å². The number of carboxylic acids is 1. The topological polar surface area (TPSA) is 169 Å². The molecule has 0 aliphatic rings. The number of nitrogens with zero attached hydrogens (tertiary/aromatic N) is 2. The second kappa shape index (κ2) is 14.2. The minimum atomic E-state index is -0.954. The van der Waals surface area contributed by atoms with Crippen LogP contribution in [0.15, 0.2) is 48.8 Å². The largest absolute Gasteiger partial charge is 1.00 e. The van der Waals surface area contributed by atoms with Gasteiger partial charge in [-0.3, -0.25) is 10.2 Å². The molecule has 0 bridgehead atoms. The summed E-state index contributed by atoms with van der Waals surface area (Å²) in [6.45, 7) is 3.86. The maximum atomic E-state index is 11.5. The van der Waals surface area contributed by atoms with Gasteiger partial charge in [0.05, 0.1) is 44.8 Å². The van der Waals surface area contributed by atoms with Crippen LogP contribution in [0.5, 0.6) is 11.5 Å². The van der Waals surface area contributed by atoms with Gasteiger partial charge in [-0.15, -0.1) is 0 Å². The monoisotopic (exact) mass is 518 g/mol. The Morgan fingerprint density at radius 1 is 0.784 bits per heavy atom. The van der Waals surface area contributed by atoms with Gasteiger partial charge in [0.15, 0.2) is 11.5 Å². The van der Waals surface area contributed by atoms with Crippen LogP contribution in [0.1, 0.15) is 31.8 Å². The molecule has 0 radical (unpaired) electrons. The van der Waals surface area contributed by atoms with Crippen molar-refractivity contribution >= 4 is 11.9 Å². The Balaban J connectivity index is 0.000000351. The third-order valence-electron chi connectivity index (χ3n) is 5.33. The Kier molecular flexibility index (Phi) is 12.0. The number of aromatic nitrogens is 4. The summed E-state index contributed by atoms with van der Waals surface area (Å²) in [6, 6.07) is 10.3. The first-order valence-electron chi connectivity index (χ1n) is 10.5. The van der Waals surface area contributed by atoms with Gasteiger partial charge in [-0.25, -0.2) is 9.59 Å². The summed E-state index contributed by atoms with van der Waals surface area (Å²) in [6.07, 6.45) is 3.15. The molecule has 0 atom stereocenters. The van der Waals surface area contributed by atoms with Crippen molar-refractivity contribution in [3.8, 4) is 34.0 Å². The van der Waals surface area contributed by atoms with E-state index in [-0.39, 0.29) is 46.6 Å². The van der Waals surface area contributed by atoms with Crippen LogP contribution < -0.4 is 39.0 Å². The molecule has 0 saturated carbocycles. The van der Waals surface area contributed by atoms with Crippen LogP contribution in [0.25, 0.3) is 22.5 Å². The quantitative estimate of drug-likeness (QED) is 0.250. The molecule has 0 aliphatic heterocycles. The van der Waals surface area contributed by atoms with Crippen LogP contribution in [0.2, 0.25) is 0 Å². The van der Waals surface area contributed by atoms with E-state index in [9.17, 15) is 9.59 Å². The standard InChI is InChI=1S/C13H14N2O3.C12H12N2O3.Na.H2O/c1-8-4-5-9(13(16)18-3)6-10(8)12-11(17-2)7-14-15-12;1-7-3-4-8(12(15)16)5-9(7)11-10(17-2)6-13-14-11;;/h4-7H,1-3H3,(H,14,15);3-6H,1-2H3,(H,13,14)(H,15,16);;1H2/q;;+1;/p-1. The Bertz CT molecular complexity index is 1350. The average molecular weight is 519 g/mol. The van der Waals surface area contributed by atoms with Crippen LogP contribution in [0.4, 0.5) is 0 Å². The summed E-state index contributed by atoms with van der Waals surface area (Å²) in [5.74, 6) is -0.0878. The second-order valence-electron chi connectivity index (χ2n) is 7.48. The minimum Gasteiger partial charge on any atom is -0.870 e.